The van der Waals surface area contributed by atoms with Gasteiger partial charge >= 0.3 is 37.9 Å². The second-order valence-corrected chi connectivity index (χ2v) is 10.9. The van der Waals surface area contributed by atoms with Crippen LogP contribution in [0.5, 0.6) is 5.75 Å². The zero-order chi connectivity index (χ0) is 19.6. The van der Waals surface area contributed by atoms with E-state index in [4.69, 9.17) is 17.0 Å². The first-order chi connectivity index (χ1) is 13.1. The molecule has 0 bridgehead atoms. The first-order valence-corrected chi connectivity index (χ1v) is 15.9. The van der Waals surface area contributed by atoms with Crippen LogP contribution in [0.3, 0.4) is 0 Å². The number of halogens is 2. The van der Waals surface area contributed by atoms with Crippen molar-refractivity contribution in [3.8, 4) is 5.75 Å². The molecule has 0 saturated heterocycles. The molecule has 1 aromatic carbocycles. The Morgan fingerprint density at radius 1 is 1.07 bits per heavy atom. The maximum absolute atomic E-state index is 11.3. The average Bonchev–Trinajstić information content (AvgIpc) is 2.69. The third-order valence-electron chi connectivity index (χ3n) is 5.41. The molecular formula is C19H26Cl2N2O3Zr. The molecule has 0 amide bonds. The number of nitro benzene ring substituents is 1. The Labute approximate surface area is 179 Å². The maximum atomic E-state index is 11.3. The fourth-order valence-corrected chi connectivity index (χ4v) is 4.01. The fourth-order valence-electron chi connectivity index (χ4n) is 4.01. The van der Waals surface area contributed by atoms with Gasteiger partial charge in [0.1, 0.15) is 5.75 Å². The fraction of sp³-hybridized carbons (Fsp3) is 0.632. The van der Waals surface area contributed by atoms with E-state index in [9.17, 15) is 15.2 Å². The van der Waals surface area contributed by atoms with E-state index in [-0.39, 0.29) is 28.3 Å². The summed E-state index contributed by atoms with van der Waals surface area (Å²) in [5, 5.41) is 21.9. The minimum absolute atomic E-state index is 0.0541. The number of nitro groups is 1. The van der Waals surface area contributed by atoms with E-state index in [1.165, 1.54) is 31.7 Å². The quantitative estimate of drug-likeness (QED) is 0.297. The monoisotopic (exact) mass is 490 g/mol. The molecule has 8 heteroatoms. The normalized spacial score (nSPS) is 18.7. The van der Waals surface area contributed by atoms with Crippen LogP contribution in [0.4, 0.5) is 5.69 Å². The standard InChI is InChI=1S/C19H26N2O3.2ClH.Zr/c22-19-15(13-20-16-9-5-2-6-10-16)11-17(21(23)24)12-18(19)14-7-3-1-4-8-14;;;/h11-14,16,22H,1-10H2;2*1H;/q;;;+2/p-2. The molecule has 0 unspecified atom stereocenters. The Kier molecular flexibility index (Phi) is 10.3. The van der Waals surface area contributed by atoms with Gasteiger partial charge in [-0.25, -0.2) is 0 Å². The van der Waals surface area contributed by atoms with E-state index in [0.717, 1.165) is 44.1 Å². The Balaban J connectivity index is 0.000000817. The van der Waals surface area contributed by atoms with Crippen LogP contribution in [0.25, 0.3) is 0 Å². The summed E-state index contributed by atoms with van der Waals surface area (Å²) in [6.45, 7) is 0. The van der Waals surface area contributed by atoms with E-state index in [2.05, 4.69) is 4.99 Å². The molecule has 0 radical (unpaired) electrons. The number of phenols is 1. The molecular weight excluding hydrogens is 466 g/mol. The van der Waals surface area contributed by atoms with Crippen LogP contribution < -0.4 is 0 Å². The van der Waals surface area contributed by atoms with Gasteiger partial charge in [-0.2, -0.15) is 0 Å². The second-order valence-electron chi connectivity index (χ2n) is 7.21. The van der Waals surface area contributed by atoms with Crippen molar-refractivity contribution < 1.29 is 30.9 Å². The number of rotatable bonds is 4. The van der Waals surface area contributed by atoms with E-state index in [1.54, 1.807) is 12.3 Å². The van der Waals surface area contributed by atoms with Crippen molar-refractivity contribution in [3.63, 3.8) is 0 Å². The molecule has 1 N–H and O–H groups in total. The molecule has 2 aliphatic carbocycles. The summed E-state index contributed by atoms with van der Waals surface area (Å²) in [6.07, 6.45) is 12.9. The molecule has 5 nitrogen and oxygen atoms in total. The van der Waals surface area contributed by atoms with Crippen LogP contribution in [-0.2, 0) is 20.8 Å². The molecule has 0 aromatic heterocycles. The molecule has 0 heterocycles. The van der Waals surface area contributed by atoms with E-state index in [1.807, 2.05) is 0 Å². The third kappa shape index (κ3) is 7.14. The van der Waals surface area contributed by atoms with Gasteiger partial charge in [0.05, 0.1) is 4.92 Å². The van der Waals surface area contributed by atoms with Crippen molar-refractivity contribution in [2.75, 3.05) is 0 Å². The van der Waals surface area contributed by atoms with Crippen molar-refractivity contribution in [1.82, 2.24) is 0 Å². The summed E-state index contributed by atoms with van der Waals surface area (Å²) in [7, 11) is 9.87. The Morgan fingerprint density at radius 2 is 1.63 bits per heavy atom. The molecule has 2 fully saturated rings. The van der Waals surface area contributed by atoms with Crippen LogP contribution in [0.15, 0.2) is 17.1 Å². The van der Waals surface area contributed by atoms with E-state index < -0.39 is 20.8 Å². The molecule has 27 heavy (non-hydrogen) atoms. The molecule has 0 atom stereocenters. The van der Waals surface area contributed by atoms with Gasteiger partial charge in [-0.3, -0.25) is 15.1 Å². The zero-order valence-electron chi connectivity index (χ0n) is 15.4. The second kappa shape index (κ2) is 12.2. The van der Waals surface area contributed by atoms with Gasteiger partial charge in [0, 0.05) is 35.5 Å². The number of nitrogens with zero attached hydrogens (tertiary/aromatic N) is 2. The Morgan fingerprint density at radius 3 is 2.19 bits per heavy atom. The van der Waals surface area contributed by atoms with Gasteiger partial charge < -0.3 is 5.11 Å². The summed E-state index contributed by atoms with van der Waals surface area (Å²) in [6, 6.07) is 3.30. The first-order valence-electron chi connectivity index (χ1n) is 9.57. The molecule has 0 aliphatic heterocycles. The van der Waals surface area contributed by atoms with Crippen molar-refractivity contribution in [2.24, 2.45) is 4.99 Å². The number of non-ortho nitro benzene ring substituents is 1. The number of hydrogen-bond donors (Lipinski definition) is 1. The number of aromatic hydroxyl groups is 1. The Bertz CT molecular complexity index is 646. The molecule has 0 spiro atoms. The molecule has 2 aliphatic rings. The Hall–Kier alpha value is -0.447. The van der Waals surface area contributed by atoms with Gasteiger partial charge in [0.15, 0.2) is 0 Å². The van der Waals surface area contributed by atoms with Crippen LogP contribution in [-0.4, -0.2) is 22.3 Å². The average molecular weight is 493 g/mol. The van der Waals surface area contributed by atoms with Gasteiger partial charge in [-0.05, 0) is 31.6 Å². The van der Waals surface area contributed by atoms with Crippen LogP contribution in [0.2, 0.25) is 0 Å². The van der Waals surface area contributed by atoms with Gasteiger partial charge in [-0.1, -0.05) is 38.5 Å². The number of benzene rings is 1. The SMILES string of the molecule is O=[N+]([O-])c1cc(C=NC2CCCCC2)c(O)c(C2CCCCC2)c1.[Cl][Zr][Cl]. The van der Waals surface area contributed by atoms with Crippen molar-refractivity contribution in [2.45, 2.75) is 76.2 Å². The zero-order valence-corrected chi connectivity index (χ0v) is 19.3. The van der Waals surface area contributed by atoms with E-state index in [0.29, 0.717) is 5.56 Å². The molecule has 2 saturated carbocycles. The van der Waals surface area contributed by atoms with Crippen molar-refractivity contribution >= 4 is 28.9 Å². The van der Waals surface area contributed by atoms with Gasteiger partial charge in [0.2, 0.25) is 0 Å². The number of aliphatic imine (C=N–C) groups is 1. The van der Waals surface area contributed by atoms with Gasteiger partial charge in [-0.15, -0.1) is 0 Å². The summed E-state index contributed by atoms with van der Waals surface area (Å²) in [5.74, 6) is 0.410. The predicted molar refractivity (Wildman–Crippen MR) is 107 cm³/mol. The molecule has 148 valence electrons. The molecule has 3 rings (SSSR count). The first kappa shape index (κ1) is 22.8. The topological polar surface area (TPSA) is 75.7 Å². The number of phenolic OH excluding ortho intramolecular Hbond substituents is 1. The molecule has 1 aromatic rings. The van der Waals surface area contributed by atoms with Crippen LogP contribution in [0, 0.1) is 10.1 Å². The van der Waals surface area contributed by atoms with Crippen LogP contribution in [0.1, 0.15) is 81.3 Å². The minimum atomic E-state index is -0.826. The predicted octanol–water partition coefficient (Wildman–Crippen LogP) is 6.48. The third-order valence-corrected chi connectivity index (χ3v) is 5.41. The summed E-state index contributed by atoms with van der Waals surface area (Å²) in [5.41, 5.74) is 1.28. The number of hydrogen-bond acceptors (Lipinski definition) is 4. The summed E-state index contributed by atoms with van der Waals surface area (Å²) >= 11 is -0.826. The van der Waals surface area contributed by atoms with Crippen molar-refractivity contribution in [1.29, 1.82) is 0 Å². The van der Waals surface area contributed by atoms with Crippen molar-refractivity contribution in [3.05, 3.63) is 33.4 Å². The van der Waals surface area contributed by atoms with Crippen LogP contribution >= 0.6 is 17.0 Å². The summed E-state index contributed by atoms with van der Waals surface area (Å²) in [4.78, 5) is 15.5. The summed E-state index contributed by atoms with van der Waals surface area (Å²) < 4.78 is 0. The van der Waals surface area contributed by atoms with E-state index >= 15 is 0 Å². The van der Waals surface area contributed by atoms with Gasteiger partial charge in [0.25, 0.3) is 5.69 Å².